The summed E-state index contributed by atoms with van der Waals surface area (Å²) in [6.45, 7) is 6.76. The van der Waals surface area contributed by atoms with E-state index < -0.39 is 0 Å². The van der Waals surface area contributed by atoms with Gasteiger partial charge in [-0.05, 0) is 46.0 Å². The normalized spacial score (nSPS) is 35.5. The van der Waals surface area contributed by atoms with E-state index in [9.17, 15) is 4.79 Å². The Bertz CT molecular complexity index is 387. The molecule has 3 aliphatic heterocycles. The summed E-state index contributed by atoms with van der Waals surface area (Å²) < 4.78 is 5.13. The summed E-state index contributed by atoms with van der Waals surface area (Å²) in [5.41, 5.74) is 0.0649. The average Bonchev–Trinajstić information content (AvgIpc) is 2.89. The van der Waals surface area contributed by atoms with E-state index in [-0.39, 0.29) is 17.6 Å². The number of hydrogen-bond acceptors (Lipinski definition) is 3. The van der Waals surface area contributed by atoms with Crippen LogP contribution in [0.15, 0.2) is 0 Å². The minimum absolute atomic E-state index is 0.0649. The molecule has 3 heterocycles. The lowest BCUT2D eigenvalue weighted by molar-refractivity contribution is 0.0827. The van der Waals surface area contributed by atoms with E-state index in [0.29, 0.717) is 12.1 Å². The van der Waals surface area contributed by atoms with E-state index in [1.807, 2.05) is 0 Å². The van der Waals surface area contributed by atoms with Gasteiger partial charge < -0.3 is 19.9 Å². The first-order valence-corrected chi connectivity index (χ1v) is 8.39. The molecule has 0 aromatic rings. The van der Waals surface area contributed by atoms with Crippen LogP contribution in [0.2, 0.25) is 0 Å². The van der Waals surface area contributed by atoms with Crippen molar-refractivity contribution in [1.82, 2.24) is 15.1 Å². The molecule has 2 bridgehead atoms. The van der Waals surface area contributed by atoms with Gasteiger partial charge >= 0.3 is 6.03 Å². The van der Waals surface area contributed by atoms with Crippen molar-refractivity contribution in [2.75, 3.05) is 26.8 Å². The molecule has 0 saturated carbocycles. The molecule has 0 aliphatic carbocycles. The van der Waals surface area contributed by atoms with Crippen LogP contribution in [0.4, 0.5) is 4.79 Å². The number of rotatable bonds is 5. The first-order chi connectivity index (χ1) is 10.1. The summed E-state index contributed by atoms with van der Waals surface area (Å²) in [6, 6.07) is 1.73. The van der Waals surface area contributed by atoms with Crippen molar-refractivity contribution in [2.45, 2.75) is 69.6 Å². The summed E-state index contributed by atoms with van der Waals surface area (Å²) in [7, 11) is 1.72. The van der Waals surface area contributed by atoms with Crippen molar-refractivity contribution >= 4 is 6.03 Å². The topological polar surface area (TPSA) is 44.8 Å². The number of hydrogen-bond donors (Lipinski definition) is 1. The molecule has 3 saturated heterocycles. The predicted molar refractivity (Wildman–Crippen MR) is 82.3 cm³/mol. The SMILES string of the molecule is COCCCN1CC2(CC3CCC(C2)N3)N(C(C)C)C1=O. The van der Waals surface area contributed by atoms with Gasteiger partial charge in [0.05, 0.1) is 5.54 Å². The van der Waals surface area contributed by atoms with Gasteiger partial charge in [0.15, 0.2) is 0 Å². The van der Waals surface area contributed by atoms with Crippen LogP contribution in [0, 0.1) is 0 Å². The predicted octanol–water partition coefficient (Wildman–Crippen LogP) is 1.82. The maximum absolute atomic E-state index is 12.8. The van der Waals surface area contributed by atoms with Gasteiger partial charge in [-0.25, -0.2) is 4.79 Å². The molecule has 2 atom stereocenters. The van der Waals surface area contributed by atoms with Gasteiger partial charge in [0.25, 0.3) is 0 Å². The van der Waals surface area contributed by atoms with E-state index in [4.69, 9.17) is 4.74 Å². The highest BCUT2D eigenvalue weighted by Crippen LogP contribution is 2.43. The highest BCUT2D eigenvalue weighted by molar-refractivity contribution is 5.78. The lowest BCUT2D eigenvalue weighted by atomic mass is 9.82. The van der Waals surface area contributed by atoms with Crippen LogP contribution < -0.4 is 5.32 Å². The minimum Gasteiger partial charge on any atom is -0.385 e. The molecule has 3 rings (SSSR count). The molecular formula is C16H29N3O2. The second-order valence-corrected chi connectivity index (χ2v) is 7.28. The second kappa shape index (κ2) is 5.76. The van der Waals surface area contributed by atoms with E-state index >= 15 is 0 Å². The van der Waals surface area contributed by atoms with Crippen molar-refractivity contribution in [1.29, 1.82) is 0 Å². The van der Waals surface area contributed by atoms with Crippen LogP contribution in [0.5, 0.6) is 0 Å². The van der Waals surface area contributed by atoms with Crippen molar-refractivity contribution in [3.8, 4) is 0 Å². The summed E-state index contributed by atoms with van der Waals surface area (Å²) in [6.07, 6.45) is 5.71. The number of methoxy groups -OCH3 is 1. The Labute approximate surface area is 128 Å². The molecule has 5 nitrogen and oxygen atoms in total. The van der Waals surface area contributed by atoms with Crippen LogP contribution in [0.25, 0.3) is 0 Å². The van der Waals surface area contributed by atoms with Gasteiger partial charge in [0.2, 0.25) is 0 Å². The zero-order chi connectivity index (χ0) is 15.0. The molecule has 0 aromatic carbocycles. The Hall–Kier alpha value is -0.810. The zero-order valence-electron chi connectivity index (χ0n) is 13.6. The highest BCUT2D eigenvalue weighted by atomic mass is 16.5. The molecule has 120 valence electrons. The monoisotopic (exact) mass is 295 g/mol. The molecule has 0 aromatic heterocycles. The van der Waals surface area contributed by atoms with E-state index in [1.165, 1.54) is 12.8 Å². The third-order valence-corrected chi connectivity index (χ3v) is 5.35. The first-order valence-electron chi connectivity index (χ1n) is 8.39. The lowest BCUT2D eigenvalue weighted by Crippen LogP contribution is -2.59. The number of piperidine rings is 1. The van der Waals surface area contributed by atoms with E-state index in [2.05, 4.69) is 29.0 Å². The molecule has 21 heavy (non-hydrogen) atoms. The summed E-state index contributed by atoms with van der Waals surface area (Å²) >= 11 is 0. The fourth-order valence-corrected chi connectivity index (χ4v) is 4.75. The van der Waals surface area contributed by atoms with Crippen molar-refractivity contribution in [3.63, 3.8) is 0 Å². The zero-order valence-corrected chi connectivity index (χ0v) is 13.6. The number of carbonyl (C=O) groups is 1. The largest absolute Gasteiger partial charge is 0.385 e. The van der Waals surface area contributed by atoms with E-state index in [1.54, 1.807) is 7.11 Å². The maximum Gasteiger partial charge on any atom is 0.320 e. The molecule has 2 unspecified atom stereocenters. The Morgan fingerprint density at radius 3 is 2.57 bits per heavy atom. The Kier molecular flexibility index (Phi) is 4.14. The summed E-state index contributed by atoms with van der Waals surface area (Å²) in [5.74, 6) is 0. The number of ether oxygens (including phenoxy) is 1. The van der Waals surface area contributed by atoms with Crippen LogP contribution in [0.3, 0.4) is 0 Å². The Morgan fingerprint density at radius 2 is 2.00 bits per heavy atom. The van der Waals surface area contributed by atoms with Gasteiger partial charge in [-0.15, -0.1) is 0 Å². The Balaban J connectivity index is 1.77. The van der Waals surface area contributed by atoms with Gasteiger partial charge in [-0.1, -0.05) is 0 Å². The van der Waals surface area contributed by atoms with Gasteiger partial charge in [0, 0.05) is 44.9 Å². The number of carbonyl (C=O) groups excluding carboxylic acids is 1. The molecule has 1 spiro atoms. The number of urea groups is 1. The first kappa shape index (κ1) is 15.1. The number of amides is 2. The second-order valence-electron chi connectivity index (χ2n) is 7.28. The standard InChI is InChI=1S/C16H29N3O2/c1-12(2)19-15(20)18(7-4-8-21-3)11-16(19)9-13-5-6-14(10-16)17-13/h12-14,17H,4-11H2,1-3H3. The van der Waals surface area contributed by atoms with Crippen LogP contribution in [-0.2, 0) is 4.74 Å². The lowest BCUT2D eigenvalue weighted by Gasteiger charge is -2.45. The molecular weight excluding hydrogens is 266 g/mol. The quantitative estimate of drug-likeness (QED) is 0.787. The molecule has 1 N–H and O–H groups in total. The third-order valence-electron chi connectivity index (χ3n) is 5.35. The Morgan fingerprint density at radius 1 is 1.33 bits per heavy atom. The van der Waals surface area contributed by atoms with Crippen molar-refractivity contribution in [2.24, 2.45) is 0 Å². The summed E-state index contributed by atoms with van der Waals surface area (Å²) in [5, 5.41) is 3.71. The van der Waals surface area contributed by atoms with E-state index in [0.717, 1.165) is 39.0 Å². The van der Waals surface area contributed by atoms with Gasteiger partial charge in [-0.3, -0.25) is 0 Å². The highest BCUT2D eigenvalue weighted by Gasteiger charge is 2.55. The third kappa shape index (κ3) is 2.66. The summed E-state index contributed by atoms with van der Waals surface area (Å²) in [4.78, 5) is 17.1. The number of nitrogens with one attached hydrogen (secondary N) is 1. The average molecular weight is 295 g/mol. The molecule has 5 heteroatoms. The fraction of sp³-hybridized carbons (Fsp3) is 0.938. The van der Waals surface area contributed by atoms with Gasteiger partial charge in [-0.2, -0.15) is 0 Å². The van der Waals surface area contributed by atoms with Crippen LogP contribution >= 0.6 is 0 Å². The van der Waals surface area contributed by atoms with Gasteiger partial charge in [0.1, 0.15) is 0 Å². The minimum atomic E-state index is 0.0649. The number of fused-ring (bicyclic) bond motifs is 2. The fourth-order valence-electron chi connectivity index (χ4n) is 4.75. The molecule has 3 aliphatic rings. The number of nitrogens with zero attached hydrogens (tertiary/aromatic N) is 2. The maximum atomic E-state index is 12.8. The van der Waals surface area contributed by atoms with Crippen molar-refractivity contribution < 1.29 is 9.53 Å². The smallest absolute Gasteiger partial charge is 0.320 e. The molecule has 0 radical (unpaired) electrons. The van der Waals surface area contributed by atoms with Crippen LogP contribution in [-0.4, -0.2) is 66.3 Å². The molecule has 2 amide bonds. The molecule has 3 fully saturated rings. The van der Waals surface area contributed by atoms with Crippen LogP contribution in [0.1, 0.15) is 46.0 Å². The van der Waals surface area contributed by atoms with Crippen molar-refractivity contribution in [3.05, 3.63) is 0 Å².